The van der Waals surface area contributed by atoms with Crippen molar-refractivity contribution in [3.63, 3.8) is 0 Å². The van der Waals surface area contributed by atoms with Crippen molar-refractivity contribution in [3.8, 4) is 11.5 Å². The van der Waals surface area contributed by atoms with Crippen molar-refractivity contribution in [1.29, 1.82) is 0 Å². The van der Waals surface area contributed by atoms with Gasteiger partial charge in [0.15, 0.2) is 0 Å². The highest BCUT2D eigenvalue weighted by molar-refractivity contribution is 5.94. The number of hydrogen-bond acceptors (Lipinski definition) is 3. The van der Waals surface area contributed by atoms with Crippen LogP contribution < -0.4 is 9.47 Å². The van der Waals surface area contributed by atoms with Gasteiger partial charge in [-0.2, -0.15) is 0 Å². The molecule has 0 radical (unpaired) electrons. The van der Waals surface area contributed by atoms with E-state index in [2.05, 4.69) is 12.1 Å². The fourth-order valence-corrected chi connectivity index (χ4v) is 3.61. The van der Waals surface area contributed by atoms with Gasteiger partial charge in [-0.1, -0.05) is 18.6 Å². The number of nitrogens with zero attached hydrogens (tertiary/aromatic N) is 1. The molecule has 1 atom stereocenters. The minimum Gasteiger partial charge on any atom is -0.497 e. The summed E-state index contributed by atoms with van der Waals surface area (Å²) in [6.45, 7) is 5.57. The molecule has 1 heterocycles. The van der Waals surface area contributed by atoms with Crippen LogP contribution in [0, 0.1) is 0 Å². The van der Waals surface area contributed by atoms with E-state index in [0.29, 0.717) is 5.92 Å². The van der Waals surface area contributed by atoms with Gasteiger partial charge in [-0.15, -0.1) is 0 Å². The van der Waals surface area contributed by atoms with E-state index >= 15 is 0 Å². The molecule has 1 amide bonds. The van der Waals surface area contributed by atoms with Gasteiger partial charge in [-0.3, -0.25) is 4.79 Å². The number of likely N-dealkylation sites (tertiary alicyclic amines) is 1. The van der Waals surface area contributed by atoms with E-state index in [1.54, 1.807) is 7.11 Å². The van der Waals surface area contributed by atoms with Gasteiger partial charge >= 0.3 is 0 Å². The van der Waals surface area contributed by atoms with Crippen molar-refractivity contribution in [3.05, 3.63) is 59.7 Å². The van der Waals surface area contributed by atoms with Crippen LogP contribution in [0.25, 0.3) is 0 Å². The zero-order valence-corrected chi connectivity index (χ0v) is 16.5. The highest BCUT2D eigenvalue weighted by Gasteiger charge is 2.24. The van der Waals surface area contributed by atoms with Gasteiger partial charge in [0.25, 0.3) is 5.91 Å². The fraction of sp³-hybridized carbons (Fsp3) is 0.435. The quantitative estimate of drug-likeness (QED) is 0.755. The minimum absolute atomic E-state index is 0.103. The molecule has 0 aromatic heterocycles. The van der Waals surface area contributed by atoms with Crippen molar-refractivity contribution in [2.24, 2.45) is 0 Å². The molecule has 1 fully saturated rings. The van der Waals surface area contributed by atoms with Crippen molar-refractivity contribution < 1.29 is 14.3 Å². The number of methoxy groups -OCH3 is 1. The van der Waals surface area contributed by atoms with Gasteiger partial charge in [0.1, 0.15) is 11.5 Å². The molecule has 1 unspecified atom stereocenters. The summed E-state index contributed by atoms with van der Waals surface area (Å²) in [7, 11) is 1.68. The molecule has 4 nitrogen and oxygen atoms in total. The molecule has 0 aliphatic carbocycles. The molecule has 3 rings (SSSR count). The zero-order valence-electron chi connectivity index (χ0n) is 16.5. The molecule has 0 spiro atoms. The molecule has 0 saturated carbocycles. The van der Waals surface area contributed by atoms with Gasteiger partial charge in [-0.25, -0.2) is 0 Å². The lowest BCUT2D eigenvalue weighted by atomic mass is 9.94. The van der Waals surface area contributed by atoms with Crippen LogP contribution in [0.5, 0.6) is 11.5 Å². The molecular weight excluding hydrogens is 338 g/mol. The lowest BCUT2D eigenvalue weighted by molar-refractivity contribution is 0.0754. The predicted molar refractivity (Wildman–Crippen MR) is 108 cm³/mol. The first-order chi connectivity index (χ1) is 13.1. The summed E-state index contributed by atoms with van der Waals surface area (Å²) < 4.78 is 10.9. The van der Waals surface area contributed by atoms with Gasteiger partial charge < -0.3 is 14.4 Å². The molecule has 4 heteroatoms. The Morgan fingerprint density at radius 3 is 2.30 bits per heavy atom. The molecular formula is C23H29NO3. The first-order valence-corrected chi connectivity index (χ1v) is 9.76. The molecule has 1 saturated heterocycles. The van der Waals surface area contributed by atoms with Crippen LogP contribution in [0.2, 0.25) is 0 Å². The van der Waals surface area contributed by atoms with Crippen molar-refractivity contribution in [1.82, 2.24) is 4.90 Å². The third-order valence-electron chi connectivity index (χ3n) is 5.02. The smallest absolute Gasteiger partial charge is 0.253 e. The zero-order chi connectivity index (χ0) is 19.2. The summed E-state index contributed by atoms with van der Waals surface area (Å²) in [5, 5.41) is 0. The first kappa shape index (κ1) is 19.3. The summed E-state index contributed by atoms with van der Waals surface area (Å²) in [6, 6.07) is 15.7. The van der Waals surface area contributed by atoms with E-state index < -0.39 is 0 Å². The van der Waals surface area contributed by atoms with Crippen molar-refractivity contribution in [2.75, 3.05) is 20.2 Å². The van der Waals surface area contributed by atoms with Crippen LogP contribution in [-0.2, 0) is 0 Å². The third kappa shape index (κ3) is 5.03. The van der Waals surface area contributed by atoms with E-state index in [0.717, 1.165) is 49.4 Å². The Morgan fingerprint density at radius 2 is 1.67 bits per heavy atom. The Morgan fingerprint density at radius 1 is 1.00 bits per heavy atom. The average Bonchev–Trinajstić information content (AvgIpc) is 2.94. The number of benzene rings is 2. The molecule has 2 aromatic rings. The topological polar surface area (TPSA) is 38.8 Å². The lowest BCUT2D eigenvalue weighted by Gasteiger charge is -2.25. The summed E-state index contributed by atoms with van der Waals surface area (Å²) >= 11 is 0. The second kappa shape index (κ2) is 8.94. The maximum atomic E-state index is 13.0. The van der Waals surface area contributed by atoms with E-state index in [9.17, 15) is 4.79 Å². The van der Waals surface area contributed by atoms with Crippen LogP contribution in [0.15, 0.2) is 48.5 Å². The largest absolute Gasteiger partial charge is 0.497 e. The van der Waals surface area contributed by atoms with E-state index in [-0.39, 0.29) is 12.0 Å². The Hall–Kier alpha value is -2.49. The van der Waals surface area contributed by atoms with Crippen molar-refractivity contribution in [2.45, 2.75) is 45.1 Å². The highest BCUT2D eigenvalue weighted by atomic mass is 16.5. The second-order valence-electron chi connectivity index (χ2n) is 7.41. The normalized spacial score (nSPS) is 17.5. The average molecular weight is 367 g/mol. The number of hydrogen-bond donors (Lipinski definition) is 0. The Balaban J connectivity index is 1.71. The lowest BCUT2D eigenvalue weighted by Crippen LogP contribution is -2.34. The monoisotopic (exact) mass is 367 g/mol. The number of carbonyl (C=O) groups is 1. The standard InChI is InChI=1S/C23H29NO3/c1-17(2)27-22-13-9-19(10-14-22)23(25)24-15-5-4-6-20(16-24)18-7-11-21(26-3)12-8-18/h7-14,17,20H,4-6,15-16H2,1-3H3. The molecule has 144 valence electrons. The maximum absolute atomic E-state index is 13.0. The van der Waals surface area contributed by atoms with Crippen LogP contribution in [0.3, 0.4) is 0 Å². The second-order valence-corrected chi connectivity index (χ2v) is 7.41. The molecule has 2 aromatic carbocycles. The highest BCUT2D eigenvalue weighted by Crippen LogP contribution is 2.28. The third-order valence-corrected chi connectivity index (χ3v) is 5.02. The number of amides is 1. The number of ether oxygens (including phenoxy) is 2. The van der Waals surface area contributed by atoms with Gasteiger partial charge in [-0.05, 0) is 68.7 Å². The molecule has 1 aliphatic rings. The number of rotatable bonds is 5. The SMILES string of the molecule is COc1ccc(C2CCCCN(C(=O)c3ccc(OC(C)C)cc3)C2)cc1. The fourth-order valence-electron chi connectivity index (χ4n) is 3.61. The van der Waals surface area contributed by atoms with Gasteiger partial charge in [0, 0.05) is 24.6 Å². The molecule has 0 N–H and O–H groups in total. The van der Waals surface area contributed by atoms with E-state index in [1.807, 2.05) is 55.1 Å². The van der Waals surface area contributed by atoms with Gasteiger partial charge in [0.2, 0.25) is 0 Å². The maximum Gasteiger partial charge on any atom is 0.253 e. The molecule has 0 bridgehead atoms. The van der Waals surface area contributed by atoms with E-state index in [1.165, 1.54) is 5.56 Å². The Kier molecular flexibility index (Phi) is 6.38. The van der Waals surface area contributed by atoms with Gasteiger partial charge in [0.05, 0.1) is 13.2 Å². The summed E-state index contributed by atoms with van der Waals surface area (Å²) in [5.74, 6) is 2.13. The van der Waals surface area contributed by atoms with Crippen LogP contribution in [0.1, 0.15) is 54.9 Å². The first-order valence-electron chi connectivity index (χ1n) is 9.76. The van der Waals surface area contributed by atoms with Crippen LogP contribution >= 0.6 is 0 Å². The number of carbonyl (C=O) groups excluding carboxylic acids is 1. The van der Waals surface area contributed by atoms with E-state index in [4.69, 9.17) is 9.47 Å². The Labute approximate surface area is 162 Å². The van der Waals surface area contributed by atoms with Crippen molar-refractivity contribution >= 4 is 5.91 Å². The summed E-state index contributed by atoms with van der Waals surface area (Å²) in [6.07, 6.45) is 3.42. The summed E-state index contributed by atoms with van der Waals surface area (Å²) in [4.78, 5) is 15.0. The summed E-state index contributed by atoms with van der Waals surface area (Å²) in [5.41, 5.74) is 2.00. The van der Waals surface area contributed by atoms with Crippen LogP contribution in [0.4, 0.5) is 0 Å². The Bertz CT molecular complexity index is 737. The molecule has 27 heavy (non-hydrogen) atoms. The minimum atomic E-state index is 0.103. The van der Waals surface area contributed by atoms with Crippen LogP contribution in [-0.4, -0.2) is 37.1 Å². The molecule has 1 aliphatic heterocycles. The predicted octanol–water partition coefficient (Wildman–Crippen LogP) is 4.89.